The monoisotopic (exact) mass is 266 g/mol. The molecule has 0 bridgehead atoms. The van der Waals surface area contributed by atoms with Crippen molar-refractivity contribution in [3.63, 3.8) is 0 Å². The molecule has 1 heterocycles. The van der Waals surface area contributed by atoms with Gasteiger partial charge in [-0.3, -0.25) is 0 Å². The number of morpholine rings is 1. The zero-order chi connectivity index (χ0) is 13.7. The van der Waals surface area contributed by atoms with E-state index in [0.29, 0.717) is 12.3 Å². The summed E-state index contributed by atoms with van der Waals surface area (Å²) in [6, 6.07) is 5.52. The molecule has 1 aliphatic heterocycles. The van der Waals surface area contributed by atoms with Gasteiger partial charge in [0.05, 0.1) is 18.4 Å². The van der Waals surface area contributed by atoms with Crippen molar-refractivity contribution in [1.29, 1.82) is 0 Å². The summed E-state index contributed by atoms with van der Waals surface area (Å²) < 4.78 is 19.6. The molecular weight excluding hydrogens is 243 g/mol. The van der Waals surface area contributed by atoms with Crippen LogP contribution in [0, 0.1) is 5.82 Å². The molecule has 106 valence electrons. The first-order valence-corrected chi connectivity index (χ1v) is 7.06. The highest BCUT2D eigenvalue weighted by Gasteiger charge is 2.19. The smallest absolute Gasteiger partial charge is 0.146 e. The standard InChI is InChI=1S/C15H23FN2O/c1-3-6-17-10-13-4-5-15(14(16)9-13)18-7-8-19-12(2)11-18/h4-5,9,12,17H,3,6-8,10-11H2,1-2H3. The number of hydrogen-bond acceptors (Lipinski definition) is 3. The van der Waals surface area contributed by atoms with Crippen LogP contribution in [0.3, 0.4) is 0 Å². The predicted octanol–water partition coefficient (Wildman–Crippen LogP) is 2.55. The van der Waals surface area contributed by atoms with Crippen LogP contribution in [0.5, 0.6) is 0 Å². The van der Waals surface area contributed by atoms with Gasteiger partial charge >= 0.3 is 0 Å². The van der Waals surface area contributed by atoms with Gasteiger partial charge in [-0.2, -0.15) is 0 Å². The first-order valence-electron chi connectivity index (χ1n) is 7.06. The molecule has 4 heteroatoms. The summed E-state index contributed by atoms with van der Waals surface area (Å²) in [6.07, 6.45) is 1.26. The molecule has 0 spiro atoms. The molecule has 0 saturated carbocycles. The minimum atomic E-state index is -0.134. The average molecular weight is 266 g/mol. The largest absolute Gasteiger partial charge is 0.375 e. The van der Waals surface area contributed by atoms with E-state index in [-0.39, 0.29) is 11.9 Å². The van der Waals surface area contributed by atoms with E-state index < -0.39 is 0 Å². The SMILES string of the molecule is CCCNCc1ccc(N2CCOC(C)C2)c(F)c1. The number of rotatable bonds is 5. The molecule has 1 atom stereocenters. The van der Waals surface area contributed by atoms with Crippen LogP contribution in [-0.2, 0) is 11.3 Å². The summed E-state index contributed by atoms with van der Waals surface area (Å²) in [5.41, 5.74) is 1.69. The van der Waals surface area contributed by atoms with Crippen molar-refractivity contribution in [2.24, 2.45) is 0 Å². The Balaban J connectivity index is 2.02. The first-order chi connectivity index (χ1) is 9.20. The van der Waals surface area contributed by atoms with E-state index in [4.69, 9.17) is 4.74 Å². The molecule has 1 N–H and O–H groups in total. The highest BCUT2D eigenvalue weighted by Crippen LogP contribution is 2.22. The van der Waals surface area contributed by atoms with E-state index in [1.54, 1.807) is 6.07 Å². The summed E-state index contributed by atoms with van der Waals surface area (Å²) in [4.78, 5) is 2.06. The van der Waals surface area contributed by atoms with Crippen LogP contribution < -0.4 is 10.2 Å². The predicted molar refractivity (Wildman–Crippen MR) is 76.0 cm³/mol. The van der Waals surface area contributed by atoms with E-state index >= 15 is 0 Å². The summed E-state index contributed by atoms with van der Waals surface area (Å²) in [6.45, 7) is 8.01. The van der Waals surface area contributed by atoms with Crippen LogP contribution in [0.15, 0.2) is 18.2 Å². The lowest BCUT2D eigenvalue weighted by molar-refractivity contribution is 0.0530. The fourth-order valence-corrected chi connectivity index (χ4v) is 2.36. The van der Waals surface area contributed by atoms with Gasteiger partial charge in [-0.25, -0.2) is 4.39 Å². The van der Waals surface area contributed by atoms with Gasteiger partial charge in [-0.05, 0) is 37.6 Å². The molecule has 1 unspecified atom stereocenters. The zero-order valence-electron chi connectivity index (χ0n) is 11.8. The summed E-state index contributed by atoms with van der Waals surface area (Å²) in [5.74, 6) is -0.134. The van der Waals surface area contributed by atoms with Crippen LogP contribution in [0.25, 0.3) is 0 Å². The Labute approximate surface area is 114 Å². The Hall–Kier alpha value is -1.13. The van der Waals surface area contributed by atoms with Gasteiger partial charge in [0.15, 0.2) is 0 Å². The van der Waals surface area contributed by atoms with E-state index in [0.717, 1.165) is 38.2 Å². The lowest BCUT2D eigenvalue weighted by Crippen LogP contribution is -2.41. The van der Waals surface area contributed by atoms with Crippen molar-refractivity contribution >= 4 is 5.69 Å². The van der Waals surface area contributed by atoms with Crippen LogP contribution in [0.2, 0.25) is 0 Å². The molecule has 1 fully saturated rings. The summed E-state index contributed by atoms with van der Waals surface area (Å²) >= 11 is 0. The van der Waals surface area contributed by atoms with Crippen molar-refractivity contribution in [2.45, 2.75) is 32.9 Å². The molecule has 1 saturated heterocycles. The zero-order valence-corrected chi connectivity index (χ0v) is 11.8. The molecule has 1 aromatic carbocycles. The fraction of sp³-hybridized carbons (Fsp3) is 0.600. The number of nitrogens with zero attached hydrogens (tertiary/aromatic N) is 1. The van der Waals surface area contributed by atoms with Crippen LogP contribution in [-0.4, -0.2) is 32.3 Å². The van der Waals surface area contributed by atoms with E-state index in [9.17, 15) is 4.39 Å². The maximum absolute atomic E-state index is 14.2. The molecule has 19 heavy (non-hydrogen) atoms. The average Bonchev–Trinajstić information content (AvgIpc) is 2.39. The second-order valence-electron chi connectivity index (χ2n) is 5.09. The lowest BCUT2D eigenvalue weighted by atomic mass is 10.1. The Kier molecular flexibility index (Phi) is 5.16. The van der Waals surface area contributed by atoms with Crippen molar-refractivity contribution in [2.75, 3.05) is 31.1 Å². The molecule has 0 aromatic heterocycles. The highest BCUT2D eigenvalue weighted by molar-refractivity contribution is 5.49. The Morgan fingerprint density at radius 1 is 1.47 bits per heavy atom. The number of benzene rings is 1. The van der Waals surface area contributed by atoms with Gasteiger partial charge in [0.1, 0.15) is 5.82 Å². The second kappa shape index (κ2) is 6.87. The molecule has 2 rings (SSSR count). The molecule has 3 nitrogen and oxygen atoms in total. The van der Waals surface area contributed by atoms with E-state index in [1.807, 2.05) is 19.1 Å². The molecule has 0 aliphatic carbocycles. The van der Waals surface area contributed by atoms with Gasteiger partial charge in [0.2, 0.25) is 0 Å². The fourth-order valence-electron chi connectivity index (χ4n) is 2.36. The number of anilines is 1. The van der Waals surface area contributed by atoms with Crippen molar-refractivity contribution in [3.05, 3.63) is 29.6 Å². The summed E-state index contributed by atoms with van der Waals surface area (Å²) in [5, 5.41) is 3.28. The van der Waals surface area contributed by atoms with Crippen molar-refractivity contribution in [3.8, 4) is 0 Å². The molecule has 1 aliphatic rings. The molecule has 1 aromatic rings. The Morgan fingerprint density at radius 3 is 3.00 bits per heavy atom. The molecule has 0 radical (unpaired) electrons. The molecular formula is C15H23FN2O. The Morgan fingerprint density at radius 2 is 2.32 bits per heavy atom. The third kappa shape index (κ3) is 3.91. The van der Waals surface area contributed by atoms with Crippen LogP contribution >= 0.6 is 0 Å². The normalized spacial score (nSPS) is 19.7. The minimum Gasteiger partial charge on any atom is -0.375 e. The third-order valence-corrected chi connectivity index (χ3v) is 3.35. The quantitative estimate of drug-likeness (QED) is 0.829. The van der Waals surface area contributed by atoms with Gasteiger partial charge in [0, 0.05) is 19.6 Å². The second-order valence-corrected chi connectivity index (χ2v) is 5.09. The van der Waals surface area contributed by atoms with Crippen molar-refractivity contribution in [1.82, 2.24) is 5.32 Å². The number of nitrogens with one attached hydrogen (secondary N) is 1. The minimum absolute atomic E-state index is 0.134. The maximum Gasteiger partial charge on any atom is 0.146 e. The van der Waals surface area contributed by atoms with E-state index in [1.165, 1.54) is 0 Å². The maximum atomic E-state index is 14.2. The lowest BCUT2D eigenvalue weighted by Gasteiger charge is -2.33. The third-order valence-electron chi connectivity index (χ3n) is 3.35. The Bertz CT molecular complexity index is 411. The first kappa shape index (κ1) is 14.3. The van der Waals surface area contributed by atoms with Gasteiger partial charge in [-0.15, -0.1) is 0 Å². The van der Waals surface area contributed by atoms with E-state index in [2.05, 4.69) is 17.1 Å². The van der Waals surface area contributed by atoms with Gasteiger partial charge < -0.3 is 15.0 Å². The van der Waals surface area contributed by atoms with Crippen molar-refractivity contribution < 1.29 is 9.13 Å². The highest BCUT2D eigenvalue weighted by atomic mass is 19.1. The number of halogens is 1. The number of ether oxygens (including phenoxy) is 1. The number of hydrogen-bond donors (Lipinski definition) is 1. The van der Waals surface area contributed by atoms with Gasteiger partial charge in [0.25, 0.3) is 0 Å². The topological polar surface area (TPSA) is 24.5 Å². The summed E-state index contributed by atoms with van der Waals surface area (Å²) in [7, 11) is 0. The van der Waals surface area contributed by atoms with Crippen LogP contribution in [0.4, 0.5) is 10.1 Å². The van der Waals surface area contributed by atoms with Crippen LogP contribution in [0.1, 0.15) is 25.8 Å². The van der Waals surface area contributed by atoms with Gasteiger partial charge in [-0.1, -0.05) is 13.0 Å². The molecule has 0 amide bonds.